The van der Waals surface area contributed by atoms with Gasteiger partial charge < -0.3 is 20.1 Å². The second kappa shape index (κ2) is 9.97. The summed E-state index contributed by atoms with van der Waals surface area (Å²) in [4.78, 5) is 18.1. The molecule has 4 aromatic rings. The SMILES string of the molecule is COc1ccccc1CNc1nc(NCc2ccccc2OC)n(C(=O)c2cccs2)n1. The van der Waals surface area contributed by atoms with Gasteiger partial charge >= 0.3 is 0 Å². The normalized spacial score (nSPS) is 10.6. The highest BCUT2D eigenvalue weighted by Crippen LogP contribution is 2.22. The number of carbonyl (C=O) groups is 1. The van der Waals surface area contributed by atoms with Crippen LogP contribution in [-0.4, -0.2) is 34.9 Å². The molecule has 0 spiro atoms. The van der Waals surface area contributed by atoms with Gasteiger partial charge in [0.1, 0.15) is 11.5 Å². The molecule has 9 heteroatoms. The van der Waals surface area contributed by atoms with E-state index in [4.69, 9.17) is 9.47 Å². The number of carbonyl (C=O) groups excluding carboxylic acids is 1. The molecule has 0 radical (unpaired) electrons. The minimum atomic E-state index is -0.250. The van der Waals surface area contributed by atoms with Crippen LogP contribution < -0.4 is 20.1 Å². The molecule has 2 heterocycles. The molecule has 0 unspecified atom stereocenters. The molecule has 0 saturated heterocycles. The van der Waals surface area contributed by atoms with Gasteiger partial charge in [0.05, 0.1) is 19.1 Å². The second-order valence-corrected chi connectivity index (χ2v) is 7.73. The Bertz CT molecular complexity index is 1190. The minimum absolute atomic E-state index is 0.250. The first-order valence-electron chi connectivity index (χ1n) is 9.96. The van der Waals surface area contributed by atoms with E-state index in [1.165, 1.54) is 16.0 Å². The Morgan fingerprint density at radius 2 is 1.53 bits per heavy atom. The van der Waals surface area contributed by atoms with Crippen LogP contribution in [0.4, 0.5) is 11.9 Å². The van der Waals surface area contributed by atoms with Crippen LogP contribution in [0.2, 0.25) is 0 Å². The molecule has 0 aliphatic rings. The maximum atomic E-state index is 13.0. The second-order valence-electron chi connectivity index (χ2n) is 6.78. The number of anilines is 2. The van der Waals surface area contributed by atoms with Crippen molar-refractivity contribution in [1.82, 2.24) is 14.8 Å². The quantitative estimate of drug-likeness (QED) is 0.394. The lowest BCUT2D eigenvalue weighted by atomic mass is 10.2. The van der Waals surface area contributed by atoms with E-state index >= 15 is 0 Å². The fourth-order valence-electron chi connectivity index (χ4n) is 3.19. The number of benzene rings is 2. The minimum Gasteiger partial charge on any atom is -0.496 e. The number of para-hydroxylation sites is 2. The smallest absolute Gasteiger partial charge is 0.291 e. The lowest BCUT2D eigenvalue weighted by Crippen LogP contribution is -2.17. The van der Waals surface area contributed by atoms with Crippen LogP contribution in [0.15, 0.2) is 66.0 Å². The summed E-state index contributed by atoms with van der Waals surface area (Å²) in [6, 6.07) is 19.0. The van der Waals surface area contributed by atoms with Crippen LogP contribution in [0.3, 0.4) is 0 Å². The number of nitrogens with one attached hydrogen (secondary N) is 2. The van der Waals surface area contributed by atoms with Crippen molar-refractivity contribution >= 4 is 29.1 Å². The van der Waals surface area contributed by atoms with Crippen molar-refractivity contribution < 1.29 is 14.3 Å². The van der Waals surface area contributed by atoms with Gasteiger partial charge in [-0.25, -0.2) is 0 Å². The van der Waals surface area contributed by atoms with Crippen LogP contribution in [-0.2, 0) is 13.1 Å². The summed E-state index contributed by atoms with van der Waals surface area (Å²) in [7, 11) is 3.26. The Morgan fingerprint density at radius 1 is 0.906 bits per heavy atom. The van der Waals surface area contributed by atoms with Gasteiger partial charge in [-0.1, -0.05) is 42.5 Å². The largest absolute Gasteiger partial charge is 0.496 e. The maximum absolute atomic E-state index is 13.0. The third-order valence-electron chi connectivity index (χ3n) is 4.79. The van der Waals surface area contributed by atoms with E-state index in [1.54, 1.807) is 20.3 Å². The standard InChI is InChI=1S/C23H23N5O3S/c1-30-18-10-5-3-8-16(18)14-24-22-26-23(25-15-17-9-4-6-11-19(17)31-2)28(27-22)21(29)20-12-7-13-32-20/h3-13H,14-15H2,1-2H3,(H2,24,25,26,27). The molecular weight excluding hydrogens is 426 g/mol. The number of methoxy groups -OCH3 is 2. The predicted octanol–water partition coefficient (Wildman–Crippen LogP) is 4.27. The Hall–Kier alpha value is -3.85. The Labute approximate surface area is 189 Å². The molecule has 0 amide bonds. The molecule has 0 aliphatic heterocycles. The third-order valence-corrected chi connectivity index (χ3v) is 5.65. The summed E-state index contributed by atoms with van der Waals surface area (Å²) in [5, 5.41) is 12.7. The van der Waals surface area contributed by atoms with E-state index < -0.39 is 0 Å². The number of hydrogen-bond acceptors (Lipinski definition) is 8. The monoisotopic (exact) mass is 449 g/mol. The number of ether oxygens (including phenoxy) is 2. The van der Waals surface area contributed by atoms with Crippen molar-refractivity contribution in [3.8, 4) is 11.5 Å². The van der Waals surface area contributed by atoms with Gasteiger partial charge in [0, 0.05) is 24.2 Å². The predicted molar refractivity (Wildman–Crippen MR) is 125 cm³/mol. The summed E-state index contributed by atoms with van der Waals surface area (Å²) in [6.07, 6.45) is 0. The molecule has 0 saturated carbocycles. The van der Waals surface area contributed by atoms with Crippen LogP contribution in [0.25, 0.3) is 0 Å². The fraction of sp³-hybridized carbons (Fsp3) is 0.174. The molecule has 2 N–H and O–H groups in total. The first-order valence-corrected chi connectivity index (χ1v) is 10.8. The molecule has 0 aliphatic carbocycles. The number of thiophene rings is 1. The van der Waals surface area contributed by atoms with Gasteiger partial charge in [0.25, 0.3) is 5.91 Å². The Kier molecular flexibility index (Phi) is 6.66. The van der Waals surface area contributed by atoms with Crippen LogP contribution in [0, 0.1) is 0 Å². The van der Waals surface area contributed by atoms with E-state index in [0.717, 1.165) is 22.6 Å². The van der Waals surface area contributed by atoms with E-state index in [2.05, 4.69) is 20.7 Å². The molecule has 32 heavy (non-hydrogen) atoms. The first kappa shape index (κ1) is 21.4. The molecule has 0 atom stereocenters. The first-order chi connectivity index (χ1) is 15.7. The van der Waals surface area contributed by atoms with Crippen molar-refractivity contribution in [1.29, 1.82) is 0 Å². The molecule has 2 aromatic carbocycles. The molecule has 2 aromatic heterocycles. The maximum Gasteiger partial charge on any atom is 0.291 e. The summed E-state index contributed by atoms with van der Waals surface area (Å²) < 4.78 is 12.1. The average Bonchev–Trinajstić information content (AvgIpc) is 3.52. The van der Waals surface area contributed by atoms with Gasteiger partial charge in [-0.2, -0.15) is 9.67 Å². The van der Waals surface area contributed by atoms with Gasteiger partial charge in [0.2, 0.25) is 11.9 Å². The summed E-state index contributed by atoms with van der Waals surface area (Å²) in [5.41, 5.74) is 1.90. The fourth-order valence-corrected chi connectivity index (χ4v) is 3.84. The topological polar surface area (TPSA) is 90.3 Å². The Balaban J connectivity index is 1.57. The molecule has 164 valence electrons. The molecular formula is C23H23N5O3S. The van der Waals surface area contributed by atoms with Gasteiger partial charge in [-0.3, -0.25) is 4.79 Å². The van der Waals surface area contributed by atoms with E-state index in [-0.39, 0.29) is 5.91 Å². The van der Waals surface area contributed by atoms with Crippen LogP contribution >= 0.6 is 11.3 Å². The Morgan fingerprint density at radius 3 is 2.12 bits per heavy atom. The average molecular weight is 450 g/mol. The molecule has 8 nitrogen and oxygen atoms in total. The van der Waals surface area contributed by atoms with Crippen molar-refractivity contribution in [3.05, 3.63) is 82.0 Å². The molecule has 0 bridgehead atoms. The van der Waals surface area contributed by atoms with Gasteiger partial charge in [-0.05, 0) is 23.6 Å². The lowest BCUT2D eigenvalue weighted by molar-refractivity contribution is 0.0951. The zero-order valence-electron chi connectivity index (χ0n) is 17.7. The molecule has 4 rings (SSSR count). The van der Waals surface area contributed by atoms with E-state index in [9.17, 15) is 4.79 Å². The summed E-state index contributed by atoms with van der Waals surface area (Å²) >= 11 is 1.36. The van der Waals surface area contributed by atoms with Crippen molar-refractivity contribution in [2.24, 2.45) is 0 Å². The van der Waals surface area contributed by atoms with E-state index in [1.807, 2.05) is 60.0 Å². The molecule has 0 fully saturated rings. The number of rotatable bonds is 9. The zero-order chi connectivity index (χ0) is 22.3. The van der Waals surface area contributed by atoms with Gasteiger partial charge in [-0.15, -0.1) is 16.4 Å². The number of hydrogen-bond donors (Lipinski definition) is 2. The van der Waals surface area contributed by atoms with Crippen LogP contribution in [0.1, 0.15) is 20.8 Å². The highest BCUT2D eigenvalue weighted by Gasteiger charge is 2.19. The van der Waals surface area contributed by atoms with Gasteiger partial charge in [0.15, 0.2) is 0 Å². The van der Waals surface area contributed by atoms with Crippen molar-refractivity contribution in [2.45, 2.75) is 13.1 Å². The highest BCUT2D eigenvalue weighted by molar-refractivity contribution is 7.12. The number of nitrogens with zero attached hydrogens (tertiary/aromatic N) is 3. The summed E-state index contributed by atoms with van der Waals surface area (Å²) in [6.45, 7) is 0.875. The zero-order valence-corrected chi connectivity index (χ0v) is 18.6. The highest BCUT2D eigenvalue weighted by atomic mass is 32.1. The lowest BCUT2D eigenvalue weighted by Gasteiger charge is -2.10. The van der Waals surface area contributed by atoms with E-state index in [0.29, 0.717) is 29.9 Å². The number of aromatic nitrogens is 3. The summed E-state index contributed by atoms with van der Waals surface area (Å²) in [5.74, 6) is 1.95. The van der Waals surface area contributed by atoms with Crippen molar-refractivity contribution in [3.63, 3.8) is 0 Å². The van der Waals surface area contributed by atoms with Crippen molar-refractivity contribution in [2.75, 3.05) is 24.9 Å². The van der Waals surface area contributed by atoms with Crippen LogP contribution in [0.5, 0.6) is 11.5 Å². The third kappa shape index (κ3) is 4.73.